The summed E-state index contributed by atoms with van der Waals surface area (Å²) in [4.78, 5) is 21.9. The Kier molecular flexibility index (Phi) is 9.06. The minimum absolute atomic E-state index is 0.838. The van der Waals surface area contributed by atoms with Crippen LogP contribution >= 0.6 is 22.7 Å². The molecule has 2 aromatic rings. The summed E-state index contributed by atoms with van der Waals surface area (Å²) in [6, 6.07) is 3.88. The van der Waals surface area contributed by atoms with Crippen molar-refractivity contribution in [2.45, 2.75) is 27.7 Å². The summed E-state index contributed by atoms with van der Waals surface area (Å²) in [5.74, 6) is 0. The van der Waals surface area contributed by atoms with Gasteiger partial charge in [0.05, 0.1) is 9.75 Å². The predicted molar refractivity (Wildman–Crippen MR) is 80.2 cm³/mol. The summed E-state index contributed by atoms with van der Waals surface area (Å²) < 4.78 is 0. The van der Waals surface area contributed by atoms with E-state index in [4.69, 9.17) is 0 Å². The van der Waals surface area contributed by atoms with Crippen molar-refractivity contribution in [2.24, 2.45) is 0 Å². The van der Waals surface area contributed by atoms with Gasteiger partial charge in [0.15, 0.2) is 12.6 Å². The quantitative estimate of drug-likeness (QED) is 0.744. The first kappa shape index (κ1) is 16.7. The van der Waals surface area contributed by atoms with Crippen molar-refractivity contribution in [1.29, 1.82) is 0 Å². The zero-order chi connectivity index (χ0) is 14.0. The Balaban J connectivity index is 0.000000283. The van der Waals surface area contributed by atoms with Crippen molar-refractivity contribution in [2.75, 3.05) is 0 Å². The number of thiophene rings is 2. The molecular formula is C14H18O2S2. The lowest BCUT2D eigenvalue weighted by atomic mass is 10.3. The van der Waals surface area contributed by atoms with Crippen LogP contribution in [0.3, 0.4) is 0 Å². The number of carbonyl (C=O) groups is 2. The molecule has 0 fully saturated rings. The zero-order valence-corrected chi connectivity index (χ0v) is 12.7. The molecule has 0 spiro atoms. The molecule has 0 radical (unpaired) electrons. The maximum atomic E-state index is 10.1. The third kappa shape index (κ3) is 5.38. The van der Waals surface area contributed by atoms with E-state index in [-0.39, 0.29) is 0 Å². The highest BCUT2D eigenvalue weighted by Crippen LogP contribution is 2.12. The summed E-state index contributed by atoms with van der Waals surface area (Å²) in [6.07, 6.45) is 1.78. The third-order valence-electron chi connectivity index (χ3n) is 2.02. The Hall–Kier alpha value is -1.26. The summed E-state index contributed by atoms with van der Waals surface area (Å²) in [5, 5.41) is 3.83. The van der Waals surface area contributed by atoms with Crippen LogP contribution in [0.15, 0.2) is 22.9 Å². The van der Waals surface area contributed by atoms with E-state index in [9.17, 15) is 9.59 Å². The van der Waals surface area contributed by atoms with Gasteiger partial charge in [-0.1, -0.05) is 13.8 Å². The van der Waals surface area contributed by atoms with Gasteiger partial charge in [-0.25, -0.2) is 0 Å². The molecule has 0 amide bonds. The van der Waals surface area contributed by atoms with Crippen LogP contribution in [0.25, 0.3) is 0 Å². The lowest BCUT2D eigenvalue weighted by molar-refractivity contribution is 0.111. The van der Waals surface area contributed by atoms with Gasteiger partial charge in [0.1, 0.15) is 0 Å². The Morgan fingerprint density at radius 2 is 1.17 bits per heavy atom. The molecule has 18 heavy (non-hydrogen) atoms. The standard InChI is InChI=1S/2C6H6OS.C2H6/c2*1-5-2-3-8-6(5)4-7;1-2/h2*2-4H,1H3;1-2H3. The molecule has 2 heterocycles. The number of hydrogen-bond acceptors (Lipinski definition) is 4. The average molecular weight is 282 g/mol. The second kappa shape index (κ2) is 9.74. The molecule has 0 aliphatic carbocycles. The molecule has 0 bridgehead atoms. The fourth-order valence-corrected chi connectivity index (χ4v) is 2.47. The van der Waals surface area contributed by atoms with Crippen molar-refractivity contribution >= 4 is 35.2 Å². The van der Waals surface area contributed by atoms with Gasteiger partial charge >= 0.3 is 0 Å². The molecular weight excluding hydrogens is 264 g/mol. The zero-order valence-electron chi connectivity index (χ0n) is 11.1. The van der Waals surface area contributed by atoms with Crippen molar-refractivity contribution in [1.82, 2.24) is 0 Å². The van der Waals surface area contributed by atoms with E-state index in [1.807, 2.05) is 50.6 Å². The van der Waals surface area contributed by atoms with Crippen molar-refractivity contribution in [3.8, 4) is 0 Å². The van der Waals surface area contributed by atoms with E-state index < -0.39 is 0 Å². The maximum Gasteiger partial charge on any atom is 0.160 e. The van der Waals surface area contributed by atoms with Gasteiger partial charge in [-0.2, -0.15) is 0 Å². The van der Waals surface area contributed by atoms with E-state index in [2.05, 4.69) is 0 Å². The monoisotopic (exact) mass is 282 g/mol. The first-order valence-corrected chi connectivity index (χ1v) is 7.43. The van der Waals surface area contributed by atoms with Crippen LogP contribution < -0.4 is 0 Å². The van der Waals surface area contributed by atoms with Gasteiger partial charge in [0, 0.05) is 0 Å². The molecule has 2 nitrogen and oxygen atoms in total. The van der Waals surface area contributed by atoms with Crippen LogP contribution in [0.2, 0.25) is 0 Å². The largest absolute Gasteiger partial charge is 0.297 e. The van der Waals surface area contributed by atoms with Crippen LogP contribution in [-0.4, -0.2) is 12.6 Å². The lowest BCUT2D eigenvalue weighted by Crippen LogP contribution is -1.72. The third-order valence-corrected chi connectivity index (χ3v) is 3.91. The summed E-state index contributed by atoms with van der Waals surface area (Å²) in [7, 11) is 0. The molecule has 0 aromatic carbocycles. The highest BCUT2D eigenvalue weighted by Gasteiger charge is 1.94. The van der Waals surface area contributed by atoms with Gasteiger partial charge in [-0.05, 0) is 47.9 Å². The highest BCUT2D eigenvalue weighted by atomic mass is 32.1. The van der Waals surface area contributed by atoms with E-state index in [0.29, 0.717) is 0 Å². The Morgan fingerprint density at radius 3 is 1.28 bits per heavy atom. The van der Waals surface area contributed by atoms with E-state index in [1.54, 1.807) is 0 Å². The minimum atomic E-state index is 0.838. The van der Waals surface area contributed by atoms with Crippen LogP contribution in [0.4, 0.5) is 0 Å². The van der Waals surface area contributed by atoms with Crippen molar-refractivity contribution < 1.29 is 9.59 Å². The topological polar surface area (TPSA) is 34.1 Å². The van der Waals surface area contributed by atoms with E-state index in [1.165, 1.54) is 22.7 Å². The number of aldehydes is 2. The summed E-state index contributed by atoms with van der Waals surface area (Å²) >= 11 is 2.96. The Morgan fingerprint density at radius 1 is 0.833 bits per heavy atom. The van der Waals surface area contributed by atoms with Crippen molar-refractivity contribution in [3.05, 3.63) is 43.8 Å². The Bertz CT molecular complexity index is 425. The molecule has 0 aliphatic heterocycles. The molecule has 2 aromatic heterocycles. The highest BCUT2D eigenvalue weighted by molar-refractivity contribution is 7.12. The SMILES string of the molecule is CC.Cc1ccsc1C=O.Cc1ccsc1C=O. The molecule has 4 heteroatoms. The summed E-state index contributed by atoms with van der Waals surface area (Å²) in [6.45, 7) is 7.86. The molecule has 0 saturated heterocycles. The lowest BCUT2D eigenvalue weighted by Gasteiger charge is -1.79. The molecule has 98 valence electrons. The van der Waals surface area contributed by atoms with Gasteiger partial charge < -0.3 is 0 Å². The van der Waals surface area contributed by atoms with Gasteiger partial charge in [-0.3, -0.25) is 9.59 Å². The number of carbonyl (C=O) groups excluding carboxylic acids is 2. The van der Waals surface area contributed by atoms with E-state index >= 15 is 0 Å². The number of aryl methyl sites for hydroxylation is 2. The predicted octanol–water partition coefficient (Wildman–Crippen LogP) is 4.76. The van der Waals surface area contributed by atoms with Crippen LogP contribution in [-0.2, 0) is 0 Å². The van der Waals surface area contributed by atoms with Gasteiger partial charge in [0.25, 0.3) is 0 Å². The minimum Gasteiger partial charge on any atom is -0.297 e. The normalized spacial score (nSPS) is 8.44. The number of rotatable bonds is 2. The number of hydrogen-bond donors (Lipinski definition) is 0. The first-order chi connectivity index (χ1) is 8.69. The fraction of sp³-hybridized carbons (Fsp3) is 0.286. The molecule has 0 aliphatic rings. The fourth-order valence-electron chi connectivity index (χ4n) is 1.01. The molecule has 0 N–H and O–H groups in total. The van der Waals surface area contributed by atoms with Gasteiger partial charge in [-0.15, -0.1) is 22.7 Å². The molecule has 0 saturated carbocycles. The maximum absolute atomic E-state index is 10.1. The van der Waals surface area contributed by atoms with Gasteiger partial charge in [0.2, 0.25) is 0 Å². The smallest absolute Gasteiger partial charge is 0.160 e. The second-order valence-corrected chi connectivity index (χ2v) is 5.07. The molecule has 0 atom stereocenters. The Labute approximate surface area is 116 Å². The molecule has 0 unspecified atom stereocenters. The van der Waals surface area contributed by atoms with Crippen LogP contribution in [0, 0.1) is 13.8 Å². The van der Waals surface area contributed by atoms with Crippen LogP contribution in [0.1, 0.15) is 44.3 Å². The molecule has 2 rings (SSSR count). The first-order valence-electron chi connectivity index (χ1n) is 5.67. The second-order valence-electron chi connectivity index (χ2n) is 3.17. The van der Waals surface area contributed by atoms with E-state index in [0.717, 1.165) is 33.5 Å². The van der Waals surface area contributed by atoms with Crippen molar-refractivity contribution in [3.63, 3.8) is 0 Å². The average Bonchev–Trinajstić information content (AvgIpc) is 3.00. The summed E-state index contributed by atoms with van der Waals surface area (Å²) in [5.41, 5.74) is 2.15. The van der Waals surface area contributed by atoms with Crippen LogP contribution in [0.5, 0.6) is 0 Å².